The fourth-order valence-electron chi connectivity index (χ4n) is 1.06. The predicted octanol–water partition coefficient (Wildman–Crippen LogP) is 3.81. The van der Waals surface area contributed by atoms with Gasteiger partial charge in [0.1, 0.15) is 5.82 Å². The van der Waals surface area contributed by atoms with Gasteiger partial charge in [0.05, 0.1) is 13.7 Å². The van der Waals surface area contributed by atoms with Crippen molar-refractivity contribution in [2.45, 2.75) is 0 Å². The molecule has 82 valence electrons. The van der Waals surface area contributed by atoms with Crippen LogP contribution in [0.1, 0.15) is 9.67 Å². The number of aromatic nitrogens is 1. The van der Waals surface area contributed by atoms with E-state index in [1.54, 1.807) is 18.2 Å². The fourth-order valence-corrected chi connectivity index (χ4v) is 2.46. The number of thiophene rings is 1. The Bertz CT molecular complexity index is 512. The number of amides is 1. The molecule has 6 heteroatoms. The van der Waals surface area contributed by atoms with E-state index in [-0.39, 0.29) is 5.91 Å². The first-order chi connectivity index (χ1) is 7.65. The molecule has 0 fully saturated rings. The maximum Gasteiger partial charge on any atom is 0.266 e. The zero-order valence-electron chi connectivity index (χ0n) is 7.91. The summed E-state index contributed by atoms with van der Waals surface area (Å²) in [6.45, 7) is 0. The molecule has 0 unspecified atom stereocenters. The summed E-state index contributed by atoms with van der Waals surface area (Å²) in [5, 5.41) is 3.22. The predicted molar refractivity (Wildman–Crippen MR) is 69.2 cm³/mol. The molecule has 2 aromatic heterocycles. The highest BCUT2D eigenvalue weighted by Gasteiger charge is 2.08. The van der Waals surface area contributed by atoms with Crippen LogP contribution in [-0.4, -0.2) is 10.9 Å². The van der Waals surface area contributed by atoms with E-state index in [2.05, 4.69) is 26.2 Å². The average molecular weight is 318 g/mol. The summed E-state index contributed by atoms with van der Waals surface area (Å²) in [5.74, 6) is 0.310. The number of carbonyl (C=O) groups is 1. The molecule has 1 amide bonds. The van der Waals surface area contributed by atoms with E-state index in [1.165, 1.54) is 17.5 Å². The van der Waals surface area contributed by atoms with Crippen LogP contribution in [0.5, 0.6) is 0 Å². The van der Waals surface area contributed by atoms with Gasteiger partial charge in [-0.25, -0.2) is 4.98 Å². The lowest BCUT2D eigenvalue weighted by Gasteiger charge is -2.01. The van der Waals surface area contributed by atoms with Gasteiger partial charge in [0.15, 0.2) is 0 Å². The first-order valence-corrected chi connectivity index (χ1v) is 6.32. The van der Waals surface area contributed by atoms with Crippen LogP contribution in [0.25, 0.3) is 0 Å². The third-order valence-corrected chi connectivity index (χ3v) is 3.61. The zero-order chi connectivity index (χ0) is 11.5. The van der Waals surface area contributed by atoms with Crippen molar-refractivity contribution in [2.75, 3.05) is 5.32 Å². The number of pyridine rings is 1. The SMILES string of the molecule is O=C(Nc1ccc(Cl)cn1)c1ccc(Br)s1. The van der Waals surface area contributed by atoms with Gasteiger partial charge in [0, 0.05) is 6.20 Å². The Hall–Kier alpha value is -0.910. The van der Waals surface area contributed by atoms with Crippen LogP contribution in [0.4, 0.5) is 5.82 Å². The third-order valence-electron chi connectivity index (χ3n) is 1.77. The average Bonchev–Trinajstić information content (AvgIpc) is 2.68. The molecule has 0 spiro atoms. The molecule has 16 heavy (non-hydrogen) atoms. The number of nitrogens with zero attached hydrogens (tertiary/aromatic N) is 1. The van der Waals surface area contributed by atoms with Gasteiger partial charge in [0.25, 0.3) is 5.91 Å². The third kappa shape index (κ3) is 2.81. The number of hydrogen-bond donors (Lipinski definition) is 1. The van der Waals surface area contributed by atoms with Crippen LogP contribution in [-0.2, 0) is 0 Å². The lowest BCUT2D eigenvalue weighted by molar-refractivity contribution is 0.103. The maximum absolute atomic E-state index is 11.7. The zero-order valence-corrected chi connectivity index (χ0v) is 11.1. The van der Waals surface area contributed by atoms with E-state index in [9.17, 15) is 4.79 Å². The van der Waals surface area contributed by atoms with Crippen molar-refractivity contribution in [1.82, 2.24) is 4.98 Å². The number of halogens is 2. The standard InChI is InChI=1S/C10H6BrClN2OS/c11-8-3-2-7(16-8)10(15)14-9-4-1-6(12)5-13-9/h1-5H,(H,13,14,15). The van der Waals surface area contributed by atoms with Crippen molar-refractivity contribution in [3.05, 3.63) is 44.1 Å². The molecule has 0 bridgehead atoms. The minimum absolute atomic E-state index is 0.175. The Labute approximate surface area is 110 Å². The van der Waals surface area contributed by atoms with Gasteiger partial charge in [-0.2, -0.15) is 0 Å². The topological polar surface area (TPSA) is 42.0 Å². The molecule has 0 aliphatic carbocycles. The van der Waals surface area contributed by atoms with Crippen LogP contribution in [0, 0.1) is 0 Å². The Morgan fingerprint density at radius 3 is 2.75 bits per heavy atom. The van der Waals surface area contributed by atoms with Crippen molar-refractivity contribution in [1.29, 1.82) is 0 Å². The number of anilines is 1. The van der Waals surface area contributed by atoms with Gasteiger partial charge >= 0.3 is 0 Å². The molecule has 0 saturated carbocycles. The molecule has 0 aliphatic heterocycles. The summed E-state index contributed by atoms with van der Waals surface area (Å²) in [5.41, 5.74) is 0. The molecule has 0 saturated heterocycles. The second-order valence-corrected chi connectivity index (χ2v) is 5.82. The second kappa shape index (κ2) is 4.95. The van der Waals surface area contributed by atoms with Gasteiger partial charge in [-0.15, -0.1) is 11.3 Å². The molecule has 2 heterocycles. The maximum atomic E-state index is 11.7. The van der Waals surface area contributed by atoms with Crippen LogP contribution in [0.15, 0.2) is 34.2 Å². The Morgan fingerprint density at radius 1 is 1.38 bits per heavy atom. The van der Waals surface area contributed by atoms with Crippen LogP contribution < -0.4 is 5.32 Å². The quantitative estimate of drug-likeness (QED) is 0.915. The fraction of sp³-hybridized carbons (Fsp3) is 0. The molecule has 0 atom stereocenters. The van der Waals surface area contributed by atoms with Crippen LogP contribution >= 0.6 is 38.9 Å². The molecule has 0 aromatic carbocycles. The lowest BCUT2D eigenvalue weighted by atomic mass is 10.4. The Balaban J connectivity index is 2.10. The number of rotatable bonds is 2. The smallest absolute Gasteiger partial charge is 0.266 e. The molecule has 1 N–H and O–H groups in total. The molecular formula is C10H6BrClN2OS. The van der Waals surface area contributed by atoms with Crippen molar-refractivity contribution in [3.8, 4) is 0 Å². The highest BCUT2D eigenvalue weighted by Crippen LogP contribution is 2.22. The lowest BCUT2D eigenvalue weighted by Crippen LogP contribution is -2.10. The van der Waals surface area contributed by atoms with E-state index in [1.807, 2.05) is 6.07 Å². The minimum Gasteiger partial charge on any atom is -0.306 e. The Morgan fingerprint density at radius 2 is 2.19 bits per heavy atom. The van der Waals surface area contributed by atoms with Crippen LogP contribution in [0.2, 0.25) is 5.02 Å². The summed E-state index contributed by atoms with van der Waals surface area (Å²) in [7, 11) is 0. The van der Waals surface area contributed by atoms with Gasteiger partial charge in [0.2, 0.25) is 0 Å². The van der Waals surface area contributed by atoms with Crippen molar-refractivity contribution in [2.24, 2.45) is 0 Å². The summed E-state index contributed by atoms with van der Waals surface area (Å²) in [6, 6.07) is 6.91. The van der Waals surface area contributed by atoms with Gasteiger partial charge in [-0.3, -0.25) is 4.79 Å². The number of nitrogens with one attached hydrogen (secondary N) is 1. The van der Waals surface area contributed by atoms with Gasteiger partial charge < -0.3 is 5.32 Å². The molecular weight excluding hydrogens is 312 g/mol. The number of hydrogen-bond acceptors (Lipinski definition) is 3. The highest BCUT2D eigenvalue weighted by molar-refractivity contribution is 9.11. The normalized spacial score (nSPS) is 10.1. The highest BCUT2D eigenvalue weighted by atomic mass is 79.9. The summed E-state index contributed by atoms with van der Waals surface area (Å²) >= 11 is 10.4. The van der Waals surface area contributed by atoms with Crippen molar-refractivity contribution in [3.63, 3.8) is 0 Å². The van der Waals surface area contributed by atoms with Crippen molar-refractivity contribution < 1.29 is 4.79 Å². The van der Waals surface area contributed by atoms with Crippen LogP contribution in [0.3, 0.4) is 0 Å². The minimum atomic E-state index is -0.175. The van der Waals surface area contributed by atoms with E-state index >= 15 is 0 Å². The van der Waals surface area contributed by atoms with E-state index in [0.717, 1.165) is 3.79 Å². The van der Waals surface area contributed by atoms with Crippen molar-refractivity contribution >= 4 is 50.6 Å². The molecule has 2 aromatic rings. The second-order valence-electron chi connectivity index (χ2n) is 2.92. The van der Waals surface area contributed by atoms with E-state index in [4.69, 9.17) is 11.6 Å². The largest absolute Gasteiger partial charge is 0.306 e. The summed E-state index contributed by atoms with van der Waals surface area (Å²) < 4.78 is 0.918. The molecule has 0 aliphatic rings. The summed E-state index contributed by atoms with van der Waals surface area (Å²) in [4.78, 5) is 16.3. The molecule has 0 radical (unpaired) electrons. The van der Waals surface area contributed by atoms with Gasteiger partial charge in [-0.05, 0) is 40.2 Å². The summed E-state index contributed by atoms with van der Waals surface area (Å²) in [6.07, 6.45) is 1.49. The van der Waals surface area contributed by atoms with E-state index < -0.39 is 0 Å². The van der Waals surface area contributed by atoms with Gasteiger partial charge in [-0.1, -0.05) is 11.6 Å². The Kier molecular flexibility index (Phi) is 3.58. The first-order valence-electron chi connectivity index (χ1n) is 4.33. The monoisotopic (exact) mass is 316 g/mol. The molecule has 3 nitrogen and oxygen atoms in total. The first kappa shape index (κ1) is 11.6. The number of carbonyl (C=O) groups excluding carboxylic acids is 1. The van der Waals surface area contributed by atoms with E-state index in [0.29, 0.717) is 15.7 Å². The molecule has 2 rings (SSSR count).